The minimum absolute atomic E-state index is 0.0780. The van der Waals surface area contributed by atoms with E-state index in [0.717, 1.165) is 10.7 Å². The number of nitrogens with one attached hydrogen (secondary N) is 1. The lowest BCUT2D eigenvalue weighted by atomic mass is 10.0. The maximum Gasteiger partial charge on any atom is 0.415 e. The van der Waals surface area contributed by atoms with Crippen LogP contribution in [-0.2, 0) is 11.2 Å². The number of hydrogen-bond acceptors (Lipinski definition) is 4. The number of alkyl halides is 3. The maximum absolute atomic E-state index is 12.4. The van der Waals surface area contributed by atoms with Crippen LogP contribution in [0.1, 0.15) is 17.6 Å². The summed E-state index contributed by atoms with van der Waals surface area (Å²) in [6, 6.07) is 0. The molecule has 1 unspecified atom stereocenters. The van der Waals surface area contributed by atoms with Gasteiger partial charge in [-0.1, -0.05) is 0 Å². The van der Waals surface area contributed by atoms with E-state index < -0.39 is 17.6 Å². The fourth-order valence-electron chi connectivity index (χ4n) is 1.11. The normalized spacial score (nSPS) is 15.2. The molecule has 1 aromatic rings. The first kappa shape index (κ1) is 14.9. The number of carbonyl (C=O) groups is 1. The number of nitrogens with two attached hydrogens (primary N) is 1. The summed E-state index contributed by atoms with van der Waals surface area (Å²) < 4.78 is 37.3. The van der Waals surface area contributed by atoms with E-state index in [2.05, 4.69) is 10.3 Å². The molecule has 3 N–H and O–H groups in total. The molecule has 0 aromatic carbocycles. The molecule has 1 amide bonds. The molecule has 0 saturated carbocycles. The van der Waals surface area contributed by atoms with Crippen LogP contribution in [0.15, 0.2) is 5.38 Å². The molecule has 0 radical (unpaired) electrons. The van der Waals surface area contributed by atoms with E-state index in [0.29, 0.717) is 13.3 Å². The third kappa shape index (κ3) is 3.42. The predicted octanol–water partition coefficient (Wildman–Crippen LogP) is 1.39. The van der Waals surface area contributed by atoms with Crippen molar-refractivity contribution >= 4 is 17.2 Å². The molecule has 0 aliphatic rings. The molecule has 0 spiro atoms. The Morgan fingerprint density at radius 2 is 2.17 bits per heavy atom. The summed E-state index contributed by atoms with van der Waals surface area (Å²) in [5.41, 5.74) is 2.95. The van der Waals surface area contributed by atoms with E-state index in [-0.39, 0.29) is 6.54 Å². The summed E-state index contributed by atoms with van der Waals surface area (Å²) in [5, 5.41) is 4.77. The first-order valence-electron chi connectivity index (χ1n) is 5.19. The number of halogens is 3. The third-order valence-electron chi connectivity index (χ3n) is 2.35. The molecule has 4 nitrogen and oxygen atoms in total. The zero-order chi connectivity index (χ0) is 14.0. The first-order valence-corrected chi connectivity index (χ1v) is 6.07. The molecule has 102 valence electrons. The molecule has 0 saturated heterocycles. The van der Waals surface area contributed by atoms with Crippen LogP contribution in [0.2, 0.25) is 0 Å². The van der Waals surface area contributed by atoms with Crippen LogP contribution >= 0.6 is 11.3 Å². The number of carbonyl (C=O) groups excluding carboxylic acids is 1. The fraction of sp³-hybridized carbons (Fsp3) is 0.600. The van der Waals surface area contributed by atoms with Crippen LogP contribution in [-0.4, -0.2) is 29.2 Å². The Morgan fingerprint density at radius 1 is 1.56 bits per heavy atom. The smallest absolute Gasteiger partial charge is 0.354 e. The van der Waals surface area contributed by atoms with Gasteiger partial charge in [-0.3, -0.25) is 4.79 Å². The third-order valence-corrected chi connectivity index (χ3v) is 3.38. The summed E-state index contributed by atoms with van der Waals surface area (Å²) in [6.45, 7) is 2.55. The number of amides is 1. The van der Waals surface area contributed by atoms with Crippen LogP contribution in [0.25, 0.3) is 0 Å². The molecule has 1 aromatic heterocycles. The zero-order valence-electron chi connectivity index (χ0n) is 9.97. The molecule has 0 aliphatic heterocycles. The highest BCUT2D eigenvalue weighted by molar-refractivity contribution is 7.09. The topological polar surface area (TPSA) is 68.0 Å². The number of nitrogens with zero attached hydrogens (tertiary/aromatic N) is 1. The molecular formula is C10H14F3N3OS. The van der Waals surface area contributed by atoms with Crippen LogP contribution in [0.5, 0.6) is 0 Å². The summed E-state index contributed by atoms with van der Waals surface area (Å²) in [5.74, 6) is -1.23. The summed E-state index contributed by atoms with van der Waals surface area (Å²) in [7, 11) is 0. The van der Waals surface area contributed by atoms with Crippen molar-refractivity contribution < 1.29 is 18.0 Å². The van der Waals surface area contributed by atoms with Gasteiger partial charge in [0, 0.05) is 24.0 Å². The second kappa shape index (κ2) is 5.23. The van der Waals surface area contributed by atoms with Crippen LogP contribution < -0.4 is 11.1 Å². The van der Waals surface area contributed by atoms with Crippen molar-refractivity contribution in [2.24, 2.45) is 5.73 Å². The van der Waals surface area contributed by atoms with E-state index in [1.54, 1.807) is 0 Å². The summed E-state index contributed by atoms with van der Waals surface area (Å²) in [6.07, 6.45) is -4.38. The molecule has 0 fully saturated rings. The number of aryl methyl sites for hydroxylation is 1. The van der Waals surface area contributed by atoms with E-state index in [1.165, 1.54) is 11.3 Å². The van der Waals surface area contributed by atoms with Crippen LogP contribution in [0.3, 0.4) is 0 Å². The van der Waals surface area contributed by atoms with Crippen molar-refractivity contribution in [2.45, 2.75) is 32.0 Å². The van der Waals surface area contributed by atoms with Crippen molar-refractivity contribution in [1.82, 2.24) is 10.3 Å². The summed E-state index contributed by atoms with van der Waals surface area (Å²) >= 11 is 1.40. The molecule has 0 aliphatic carbocycles. The number of rotatable bonds is 4. The van der Waals surface area contributed by atoms with Gasteiger partial charge in [0.1, 0.15) is 0 Å². The molecule has 1 atom stereocenters. The lowest BCUT2D eigenvalue weighted by Crippen LogP contribution is -2.61. The Kier molecular flexibility index (Phi) is 4.33. The molecule has 18 heavy (non-hydrogen) atoms. The van der Waals surface area contributed by atoms with Crippen molar-refractivity contribution in [2.75, 3.05) is 6.54 Å². The summed E-state index contributed by atoms with van der Waals surface area (Å²) in [4.78, 5) is 15.5. The van der Waals surface area contributed by atoms with E-state index in [1.807, 2.05) is 12.3 Å². The fourth-order valence-corrected chi connectivity index (χ4v) is 1.89. The Labute approximate surface area is 106 Å². The number of aromatic nitrogens is 1. The largest absolute Gasteiger partial charge is 0.415 e. The second-order valence-electron chi connectivity index (χ2n) is 4.09. The Morgan fingerprint density at radius 3 is 2.61 bits per heavy atom. The average molecular weight is 281 g/mol. The van der Waals surface area contributed by atoms with Gasteiger partial charge in [0.2, 0.25) is 5.91 Å². The van der Waals surface area contributed by atoms with Crippen LogP contribution in [0, 0.1) is 6.92 Å². The quantitative estimate of drug-likeness (QED) is 0.876. The van der Waals surface area contributed by atoms with Gasteiger partial charge < -0.3 is 11.1 Å². The maximum atomic E-state index is 12.4. The van der Waals surface area contributed by atoms with Gasteiger partial charge >= 0.3 is 6.18 Å². The van der Waals surface area contributed by atoms with Gasteiger partial charge in [0.15, 0.2) is 5.54 Å². The Balaban J connectivity index is 2.47. The van der Waals surface area contributed by atoms with Gasteiger partial charge in [-0.25, -0.2) is 4.98 Å². The standard InChI is InChI=1S/C10H14F3N3OS/c1-6-5-18-7(16-6)3-4-15-8(17)9(2,14)10(11,12)13/h5H,3-4,14H2,1-2H3,(H,15,17). The first-order chi connectivity index (χ1) is 8.14. The minimum atomic E-state index is -4.77. The molecular weight excluding hydrogens is 267 g/mol. The highest BCUT2D eigenvalue weighted by Crippen LogP contribution is 2.27. The van der Waals surface area contributed by atoms with E-state index >= 15 is 0 Å². The van der Waals surface area contributed by atoms with Crippen molar-refractivity contribution in [3.63, 3.8) is 0 Å². The minimum Gasteiger partial charge on any atom is -0.354 e. The lowest BCUT2D eigenvalue weighted by Gasteiger charge is -2.26. The second-order valence-corrected chi connectivity index (χ2v) is 5.03. The molecule has 0 bridgehead atoms. The highest BCUT2D eigenvalue weighted by atomic mass is 32.1. The van der Waals surface area contributed by atoms with Crippen molar-refractivity contribution in [3.05, 3.63) is 16.1 Å². The Hall–Kier alpha value is -1.15. The van der Waals surface area contributed by atoms with Gasteiger partial charge in [0.05, 0.1) is 5.01 Å². The van der Waals surface area contributed by atoms with Gasteiger partial charge in [-0.05, 0) is 13.8 Å². The lowest BCUT2D eigenvalue weighted by molar-refractivity contribution is -0.187. The van der Waals surface area contributed by atoms with E-state index in [9.17, 15) is 18.0 Å². The predicted molar refractivity (Wildman–Crippen MR) is 62.2 cm³/mol. The molecule has 8 heteroatoms. The SMILES string of the molecule is Cc1csc(CCNC(=O)C(C)(N)C(F)(F)F)n1. The van der Waals surface area contributed by atoms with Crippen molar-refractivity contribution in [3.8, 4) is 0 Å². The van der Waals surface area contributed by atoms with Gasteiger partial charge in [-0.2, -0.15) is 13.2 Å². The molecule has 1 heterocycles. The Bertz CT molecular complexity index is 428. The van der Waals surface area contributed by atoms with Crippen molar-refractivity contribution in [1.29, 1.82) is 0 Å². The highest BCUT2D eigenvalue weighted by Gasteiger charge is 2.53. The number of thiazole rings is 1. The van der Waals surface area contributed by atoms with Gasteiger partial charge in [0.25, 0.3) is 0 Å². The van der Waals surface area contributed by atoms with Gasteiger partial charge in [-0.15, -0.1) is 11.3 Å². The monoisotopic (exact) mass is 281 g/mol. The van der Waals surface area contributed by atoms with Crippen LogP contribution in [0.4, 0.5) is 13.2 Å². The zero-order valence-corrected chi connectivity index (χ0v) is 10.8. The van der Waals surface area contributed by atoms with E-state index in [4.69, 9.17) is 5.73 Å². The number of hydrogen-bond donors (Lipinski definition) is 2. The average Bonchev–Trinajstić information content (AvgIpc) is 2.62. The molecule has 1 rings (SSSR count).